The highest BCUT2D eigenvalue weighted by atomic mass is 32.2. The van der Waals surface area contributed by atoms with Crippen molar-refractivity contribution in [3.05, 3.63) is 29.8 Å². The second-order valence-corrected chi connectivity index (χ2v) is 5.41. The number of benzene rings is 1. The van der Waals surface area contributed by atoms with Gasteiger partial charge in [-0.05, 0) is 24.6 Å². The summed E-state index contributed by atoms with van der Waals surface area (Å²) in [5.74, 6) is 1.21. The van der Waals surface area contributed by atoms with Gasteiger partial charge in [0.05, 0.1) is 5.37 Å². The summed E-state index contributed by atoms with van der Waals surface area (Å²) in [6.45, 7) is 2.24. The SMILES string of the molecule is CC1CSC(c2ccc(N(C)C)cc2)N1. The third-order valence-electron chi connectivity index (χ3n) is 2.66. The minimum Gasteiger partial charge on any atom is -0.378 e. The van der Waals surface area contributed by atoms with Gasteiger partial charge in [-0.2, -0.15) is 0 Å². The lowest BCUT2D eigenvalue weighted by Crippen LogP contribution is -2.21. The van der Waals surface area contributed by atoms with Crippen molar-refractivity contribution in [1.82, 2.24) is 5.32 Å². The fourth-order valence-electron chi connectivity index (χ4n) is 1.73. The van der Waals surface area contributed by atoms with Crippen LogP contribution in [-0.4, -0.2) is 25.9 Å². The predicted molar refractivity (Wildman–Crippen MR) is 68.6 cm³/mol. The number of thioether (sulfide) groups is 1. The van der Waals surface area contributed by atoms with Crippen molar-refractivity contribution in [3.8, 4) is 0 Å². The summed E-state index contributed by atoms with van der Waals surface area (Å²) in [7, 11) is 4.14. The van der Waals surface area contributed by atoms with Gasteiger partial charge in [0, 0.05) is 31.6 Å². The molecule has 2 atom stereocenters. The molecule has 1 saturated heterocycles. The summed E-state index contributed by atoms with van der Waals surface area (Å²) in [6, 6.07) is 9.44. The standard InChI is InChI=1S/C12H18N2S/c1-9-8-15-12(13-9)10-4-6-11(7-5-10)14(2)3/h4-7,9,12-13H,8H2,1-3H3. The molecule has 0 radical (unpaired) electrons. The maximum atomic E-state index is 3.57. The zero-order valence-electron chi connectivity index (χ0n) is 9.53. The molecule has 2 nitrogen and oxygen atoms in total. The molecule has 0 bridgehead atoms. The van der Waals surface area contributed by atoms with Crippen LogP contribution in [0, 0.1) is 0 Å². The van der Waals surface area contributed by atoms with Crippen molar-refractivity contribution in [2.75, 3.05) is 24.7 Å². The Hall–Kier alpha value is -0.670. The highest BCUT2D eigenvalue weighted by Gasteiger charge is 2.21. The average molecular weight is 222 g/mol. The van der Waals surface area contributed by atoms with Crippen molar-refractivity contribution >= 4 is 17.4 Å². The van der Waals surface area contributed by atoms with Crippen molar-refractivity contribution < 1.29 is 0 Å². The van der Waals surface area contributed by atoms with E-state index in [4.69, 9.17) is 0 Å². The van der Waals surface area contributed by atoms with Gasteiger partial charge in [-0.25, -0.2) is 0 Å². The van der Waals surface area contributed by atoms with Gasteiger partial charge >= 0.3 is 0 Å². The number of rotatable bonds is 2. The Labute approximate surface area is 96.0 Å². The largest absolute Gasteiger partial charge is 0.378 e. The van der Waals surface area contributed by atoms with Crippen LogP contribution < -0.4 is 10.2 Å². The summed E-state index contributed by atoms with van der Waals surface area (Å²) >= 11 is 1.99. The fourth-order valence-corrected chi connectivity index (χ4v) is 2.99. The average Bonchev–Trinajstić information content (AvgIpc) is 2.65. The molecule has 1 heterocycles. The van der Waals surface area contributed by atoms with Crippen molar-refractivity contribution in [3.63, 3.8) is 0 Å². The first-order valence-electron chi connectivity index (χ1n) is 5.32. The molecule has 3 heteroatoms. The van der Waals surface area contributed by atoms with E-state index in [1.807, 2.05) is 11.8 Å². The Morgan fingerprint density at radius 3 is 2.40 bits per heavy atom. The first-order chi connectivity index (χ1) is 7.16. The predicted octanol–water partition coefficient (Wildman–Crippen LogP) is 2.48. The molecule has 0 spiro atoms. The van der Waals surface area contributed by atoms with E-state index in [1.54, 1.807) is 0 Å². The van der Waals surface area contributed by atoms with E-state index < -0.39 is 0 Å². The van der Waals surface area contributed by atoms with Crippen LogP contribution in [0.3, 0.4) is 0 Å². The van der Waals surface area contributed by atoms with E-state index in [2.05, 4.69) is 55.5 Å². The first kappa shape index (κ1) is 10.8. The molecule has 0 saturated carbocycles. The summed E-state index contributed by atoms with van der Waals surface area (Å²) in [5.41, 5.74) is 2.64. The Kier molecular flexibility index (Phi) is 3.22. The van der Waals surface area contributed by atoms with Crippen LogP contribution in [0.2, 0.25) is 0 Å². The molecular formula is C12H18N2S. The molecule has 0 aromatic heterocycles. The summed E-state index contributed by atoms with van der Waals surface area (Å²) in [6.07, 6.45) is 0. The van der Waals surface area contributed by atoms with E-state index in [1.165, 1.54) is 17.0 Å². The van der Waals surface area contributed by atoms with Gasteiger partial charge in [-0.1, -0.05) is 12.1 Å². The quantitative estimate of drug-likeness (QED) is 0.827. The lowest BCUT2D eigenvalue weighted by Gasteiger charge is -2.15. The van der Waals surface area contributed by atoms with Gasteiger partial charge in [0.15, 0.2) is 0 Å². The molecule has 82 valence electrons. The van der Waals surface area contributed by atoms with Crippen molar-refractivity contribution in [2.24, 2.45) is 0 Å². The van der Waals surface area contributed by atoms with Crippen LogP contribution >= 0.6 is 11.8 Å². The van der Waals surface area contributed by atoms with Gasteiger partial charge in [-0.15, -0.1) is 11.8 Å². The van der Waals surface area contributed by atoms with Crippen LogP contribution in [0.15, 0.2) is 24.3 Å². The molecule has 1 aromatic carbocycles. The Bertz CT molecular complexity index is 321. The molecular weight excluding hydrogens is 204 g/mol. The normalized spacial score (nSPS) is 25.5. The summed E-state index contributed by atoms with van der Waals surface area (Å²) in [4.78, 5) is 2.13. The van der Waals surface area contributed by atoms with Crippen LogP contribution in [0.4, 0.5) is 5.69 Å². The molecule has 2 unspecified atom stereocenters. The maximum absolute atomic E-state index is 3.57. The van der Waals surface area contributed by atoms with Crippen molar-refractivity contribution in [2.45, 2.75) is 18.3 Å². The number of nitrogens with one attached hydrogen (secondary N) is 1. The summed E-state index contributed by atoms with van der Waals surface area (Å²) < 4.78 is 0. The molecule has 15 heavy (non-hydrogen) atoms. The number of anilines is 1. The van der Waals surface area contributed by atoms with E-state index in [9.17, 15) is 0 Å². The molecule has 1 fully saturated rings. The topological polar surface area (TPSA) is 15.3 Å². The molecule has 0 aliphatic carbocycles. The first-order valence-corrected chi connectivity index (χ1v) is 6.36. The molecule has 1 aliphatic rings. The summed E-state index contributed by atoms with van der Waals surface area (Å²) in [5, 5.41) is 4.05. The lowest BCUT2D eigenvalue weighted by molar-refractivity contribution is 0.618. The van der Waals surface area contributed by atoms with Crippen molar-refractivity contribution in [1.29, 1.82) is 0 Å². The Morgan fingerprint density at radius 2 is 1.93 bits per heavy atom. The Balaban J connectivity index is 2.10. The van der Waals surface area contributed by atoms with E-state index in [0.29, 0.717) is 11.4 Å². The zero-order chi connectivity index (χ0) is 10.8. The number of hydrogen-bond acceptors (Lipinski definition) is 3. The third-order valence-corrected chi connectivity index (χ3v) is 4.10. The second kappa shape index (κ2) is 4.45. The van der Waals surface area contributed by atoms with Crippen LogP contribution in [0.25, 0.3) is 0 Å². The van der Waals surface area contributed by atoms with Crippen LogP contribution in [0.5, 0.6) is 0 Å². The van der Waals surface area contributed by atoms with E-state index >= 15 is 0 Å². The van der Waals surface area contributed by atoms with E-state index in [0.717, 1.165) is 0 Å². The lowest BCUT2D eigenvalue weighted by atomic mass is 10.2. The monoisotopic (exact) mass is 222 g/mol. The van der Waals surface area contributed by atoms with Gasteiger partial charge in [-0.3, -0.25) is 5.32 Å². The van der Waals surface area contributed by atoms with Crippen LogP contribution in [-0.2, 0) is 0 Å². The maximum Gasteiger partial charge on any atom is 0.0792 e. The fraction of sp³-hybridized carbons (Fsp3) is 0.500. The molecule has 0 amide bonds. The minimum atomic E-state index is 0.483. The van der Waals surface area contributed by atoms with Gasteiger partial charge in [0.2, 0.25) is 0 Å². The van der Waals surface area contributed by atoms with E-state index in [-0.39, 0.29) is 0 Å². The van der Waals surface area contributed by atoms with Gasteiger partial charge < -0.3 is 4.90 Å². The number of nitrogens with zero attached hydrogens (tertiary/aromatic N) is 1. The molecule has 1 aromatic rings. The highest BCUT2D eigenvalue weighted by molar-refractivity contribution is 7.99. The third kappa shape index (κ3) is 2.47. The highest BCUT2D eigenvalue weighted by Crippen LogP contribution is 2.33. The second-order valence-electron chi connectivity index (χ2n) is 4.27. The Morgan fingerprint density at radius 1 is 1.27 bits per heavy atom. The minimum absolute atomic E-state index is 0.483. The molecule has 2 rings (SSSR count). The van der Waals surface area contributed by atoms with Gasteiger partial charge in [0.1, 0.15) is 0 Å². The smallest absolute Gasteiger partial charge is 0.0792 e. The number of hydrogen-bond donors (Lipinski definition) is 1. The van der Waals surface area contributed by atoms with Crippen LogP contribution in [0.1, 0.15) is 17.9 Å². The zero-order valence-corrected chi connectivity index (χ0v) is 10.3. The molecule has 1 aliphatic heterocycles. The molecule has 1 N–H and O–H groups in total. The van der Waals surface area contributed by atoms with Gasteiger partial charge in [0.25, 0.3) is 0 Å².